The molecule has 0 spiro atoms. The first-order chi connectivity index (χ1) is 18.0. The molecule has 1 aromatic heterocycles. The van der Waals surface area contributed by atoms with Crippen LogP contribution in [0.25, 0.3) is 11.0 Å². The van der Waals surface area contributed by atoms with Crippen LogP contribution in [0.15, 0.2) is 79.4 Å². The molecule has 0 saturated heterocycles. The Balaban J connectivity index is 1.48. The maximum Gasteiger partial charge on any atom is 0.251 e. The van der Waals surface area contributed by atoms with E-state index in [-0.39, 0.29) is 11.9 Å². The fourth-order valence-corrected chi connectivity index (χ4v) is 4.36. The molecule has 37 heavy (non-hydrogen) atoms. The van der Waals surface area contributed by atoms with Gasteiger partial charge < -0.3 is 24.1 Å². The second-order valence-corrected chi connectivity index (χ2v) is 8.68. The molecule has 1 N–H and O–H groups in total. The maximum atomic E-state index is 13.1. The zero-order valence-electron chi connectivity index (χ0n) is 21.6. The highest BCUT2D eigenvalue weighted by molar-refractivity contribution is 5.95. The molecule has 0 aliphatic rings. The molecule has 0 bridgehead atoms. The minimum atomic E-state index is -0.317. The highest BCUT2D eigenvalue weighted by atomic mass is 16.5. The number of hydrogen-bond acceptors (Lipinski definition) is 5. The fraction of sp³-hybridized carbons (Fsp3) is 0.267. The van der Waals surface area contributed by atoms with E-state index in [1.807, 2.05) is 49.4 Å². The van der Waals surface area contributed by atoms with Gasteiger partial charge in [0.15, 0.2) is 11.5 Å². The number of aromatic nitrogens is 2. The van der Waals surface area contributed by atoms with Crippen molar-refractivity contribution in [3.63, 3.8) is 0 Å². The van der Waals surface area contributed by atoms with Gasteiger partial charge in [-0.05, 0) is 61.7 Å². The summed E-state index contributed by atoms with van der Waals surface area (Å²) in [6.45, 7) is 7.04. The van der Waals surface area contributed by atoms with Crippen molar-refractivity contribution in [1.29, 1.82) is 0 Å². The first-order valence-electron chi connectivity index (χ1n) is 12.3. The van der Waals surface area contributed by atoms with Gasteiger partial charge >= 0.3 is 0 Å². The summed E-state index contributed by atoms with van der Waals surface area (Å²) < 4.78 is 18.9. The number of rotatable bonds is 12. The highest BCUT2D eigenvalue weighted by Gasteiger charge is 2.20. The zero-order chi connectivity index (χ0) is 26.2. The Kier molecular flexibility index (Phi) is 8.46. The fourth-order valence-electron chi connectivity index (χ4n) is 4.36. The molecular weight excluding hydrogens is 466 g/mol. The number of hydrogen-bond donors (Lipinski definition) is 1. The predicted molar refractivity (Wildman–Crippen MR) is 146 cm³/mol. The van der Waals surface area contributed by atoms with E-state index in [4.69, 9.17) is 19.2 Å². The lowest BCUT2D eigenvalue weighted by atomic mass is 10.1. The normalized spacial score (nSPS) is 11.6. The Hall–Kier alpha value is -4.26. The lowest BCUT2D eigenvalue weighted by Gasteiger charge is -2.17. The van der Waals surface area contributed by atoms with Crippen LogP contribution in [0.4, 0.5) is 0 Å². The van der Waals surface area contributed by atoms with E-state index in [0.717, 1.165) is 41.0 Å². The van der Waals surface area contributed by atoms with Crippen LogP contribution >= 0.6 is 0 Å². The largest absolute Gasteiger partial charge is 0.493 e. The molecule has 0 fully saturated rings. The zero-order valence-corrected chi connectivity index (χ0v) is 21.6. The van der Waals surface area contributed by atoms with Crippen molar-refractivity contribution in [2.24, 2.45) is 0 Å². The smallest absolute Gasteiger partial charge is 0.251 e. The molecule has 1 heterocycles. The average molecular weight is 500 g/mol. The first-order valence-corrected chi connectivity index (χ1v) is 12.3. The van der Waals surface area contributed by atoms with Crippen LogP contribution in [0.5, 0.6) is 17.2 Å². The Morgan fingerprint density at radius 2 is 1.78 bits per heavy atom. The molecule has 1 atom stereocenters. The molecule has 0 radical (unpaired) electrons. The number of allylic oxidation sites excluding steroid dienone is 1. The number of benzene rings is 3. The summed E-state index contributed by atoms with van der Waals surface area (Å²) in [5.74, 6) is 2.54. The average Bonchev–Trinajstić information content (AvgIpc) is 3.30. The monoisotopic (exact) mass is 499 g/mol. The summed E-state index contributed by atoms with van der Waals surface area (Å²) in [5, 5.41) is 3.08. The van der Waals surface area contributed by atoms with E-state index in [0.29, 0.717) is 30.2 Å². The van der Waals surface area contributed by atoms with Crippen molar-refractivity contribution in [3.8, 4) is 17.2 Å². The molecule has 0 saturated carbocycles. The van der Waals surface area contributed by atoms with Crippen LogP contribution in [-0.2, 0) is 13.0 Å². The van der Waals surface area contributed by atoms with Crippen molar-refractivity contribution in [2.75, 3.05) is 20.8 Å². The van der Waals surface area contributed by atoms with E-state index in [2.05, 4.69) is 28.6 Å². The van der Waals surface area contributed by atoms with E-state index >= 15 is 0 Å². The molecule has 4 rings (SSSR count). The standard InChI is InChI=1S/C30H33N3O4/c1-5-11-22-12-6-9-15-26(22)37-19-10-18-33-25-14-8-7-13-24(25)32-29(33)21(2)31-30(34)23-16-17-27(35-3)28(20-23)36-4/h5-9,12-17,20-21H,1,10-11,18-19H2,2-4H3,(H,31,34). The van der Waals surface area contributed by atoms with Crippen LogP contribution in [-0.4, -0.2) is 36.3 Å². The number of imidazole rings is 1. The lowest BCUT2D eigenvalue weighted by Crippen LogP contribution is -2.29. The Labute approximate surface area is 217 Å². The van der Waals surface area contributed by atoms with E-state index < -0.39 is 0 Å². The Morgan fingerprint density at radius 3 is 2.57 bits per heavy atom. The summed E-state index contributed by atoms with van der Waals surface area (Å²) in [7, 11) is 3.11. The van der Waals surface area contributed by atoms with Crippen molar-refractivity contribution in [2.45, 2.75) is 32.4 Å². The van der Waals surface area contributed by atoms with Gasteiger partial charge in [0.2, 0.25) is 0 Å². The third kappa shape index (κ3) is 5.94. The number of methoxy groups -OCH3 is 2. The van der Waals surface area contributed by atoms with Crippen molar-refractivity contribution >= 4 is 16.9 Å². The summed E-state index contributed by atoms with van der Waals surface area (Å²) in [5.41, 5.74) is 3.52. The maximum absolute atomic E-state index is 13.1. The molecular formula is C30H33N3O4. The summed E-state index contributed by atoms with van der Waals surface area (Å²) in [6.07, 6.45) is 3.43. The summed E-state index contributed by atoms with van der Waals surface area (Å²) in [6, 6.07) is 20.8. The number of amides is 1. The lowest BCUT2D eigenvalue weighted by molar-refractivity contribution is 0.0937. The Morgan fingerprint density at radius 1 is 1.03 bits per heavy atom. The number of carbonyl (C=O) groups is 1. The van der Waals surface area contributed by atoms with Gasteiger partial charge in [0.05, 0.1) is 37.9 Å². The number of nitrogens with zero attached hydrogens (tertiary/aromatic N) is 2. The molecule has 0 aliphatic heterocycles. The summed E-state index contributed by atoms with van der Waals surface area (Å²) in [4.78, 5) is 17.9. The van der Waals surface area contributed by atoms with Crippen LogP contribution in [0.2, 0.25) is 0 Å². The number of ether oxygens (including phenoxy) is 3. The van der Waals surface area contributed by atoms with Crippen LogP contribution in [0.3, 0.4) is 0 Å². The van der Waals surface area contributed by atoms with Crippen molar-refractivity contribution in [1.82, 2.24) is 14.9 Å². The molecule has 0 aliphatic carbocycles. The number of aryl methyl sites for hydroxylation is 1. The van der Waals surface area contributed by atoms with Gasteiger partial charge in [-0.1, -0.05) is 36.4 Å². The topological polar surface area (TPSA) is 74.6 Å². The quantitative estimate of drug-likeness (QED) is 0.199. The van der Waals surface area contributed by atoms with Gasteiger partial charge in [0, 0.05) is 12.1 Å². The minimum Gasteiger partial charge on any atom is -0.493 e. The van der Waals surface area contributed by atoms with Gasteiger partial charge in [-0.3, -0.25) is 4.79 Å². The second-order valence-electron chi connectivity index (χ2n) is 8.68. The molecule has 192 valence electrons. The van der Waals surface area contributed by atoms with Crippen molar-refractivity contribution in [3.05, 3.63) is 96.3 Å². The van der Waals surface area contributed by atoms with E-state index in [9.17, 15) is 4.79 Å². The van der Waals surface area contributed by atoms with Crippen LogP contribution in [0.1, 0.15) is 41.1 Å². The molecule has 1 unspecified atom stereocenters. The van der Waals surface area contributed by atoms with Gasteiger partial charge in [-0.2, -0.15) is 0 Å². The van der Waals surface area contributed by atoms with Gasteiger partial charge in [0.1, 0.15) is 11.6 Å². The summed E-state index contributed by atoms with van der Waals surface area (Å²) >= 11 is 0. The molecule has 3 aromatic carbocycles. The van der Waals surface area contributed by atoms with E-state index in [1.54, 1.807) is 32.4 Å². The first kappa shape index (κ1) is 25.8. The van der Waals surface area contributed by atoms with Gasteiger partial charge in [-0.15, -0.1) is 6.58 Å². The number of nitrogens with one attached hydrogen (secondary N) is 1. The third-order valence-electron chi connectivity index (χ3n) is 6.19. The van der Waals surface area contributed by atoms with Crippen molar-refractivity contribution < 1.29 is 19.0 Å². The van der Waals surface area contributed by atoms with Gasteiger partial charge in [0.25, 0.3) is 5.91 Å². The van der Waals surface area contributed by atoms with Crippen LogP contribution in [0, 0.1) is 0 Å². The van der Waals surface area contributed by atoms with Crippen LogP contribution < -0.4 is 19.5 Å². The van der Waals surface area contributed by atoms with E-state index in [1.165, 1.54) is 0 Å². The number of carbonyl (C=O) groups excluding carboxylic acids is 1. The molecule has 1 amide bonds. The van der Waals surface area contributed by atoms with Gasteiger partial charge in [-0.25, -0.2) is 4.98 Å². The predicted octanol–water partition coefficient (Wildman–Crippen LogP) is 5.74. The Bertz CT molecular complexity index is 1380. The molecule has 4 aromatic rings. The minimum absolute atomic E-state index is 0.214. The molecule has 7 heteroatoms. The number of fused-ring (bicyclic) bond motifs is 1. The SMILES string of the molecule is C=CCc1ccccc1OCCCn1c(C(C)NC(=O)c2ccc(OC)c(OC)c2)nc2ccccc21. The highest BCUT2D eigenvalue weighted by Crippen LogP contribution is 2.28. The number of para-hydroxylation sites is 3. The molecule has 7 nitrogen and oxygen atoms in total. The third-order valence-corrected chi connectivity index (χ3v) is 6.19. The second kappa shape index (κ2) is 12.1.